The molecular weight excluding hydrogens is 392 g/mol. The lowest BCUT2D eigenvalue weighted by atomic mass is 9.58. The van der Waals surface area contributed by atoms with Gasteiger partial charge in [-0.2, -0.15) is 4.57 Å². The van der Waals surface area contributed by atoms with E-state index in [0.29, 0.717) is 5.56 Å². The number of carbonyl (C=O) groups excluding carboxylic acids is 1. The Labute approximate surface area is 166 Å². The standard InChI is InChI=1S/C19H29Cl2NO3P/c1-14(23)15-9-8-10-22(11-15)19(7)12-18(6,13-25-26(20,21)24)16(2,3)17(19,4)5/h8-11H,12-13H2,1-7H3/q+1/t18-,19?/m1/s1. The second kappa shape index (κ2) is 6.58. The molecule has 0 spiro atoms. The van der Waals surface area contributed by atoms with E-state index in [4.69, 9.17) is 27.0 Å². The van der Waals surface area contributed by atoms with E-state index in [-0.39, 0.29) is 34.2 Å². The zero-order valence-corrected chi connectivity index (χ0v) is 19.0. The van der Waals surface area contributed by atoms with Gasteiger partial charge in [0.1, 0.15) is 0 Å². The van der Waals surface area contributed by atoms with Gasteiger partial charge >= 0.3 is 6.07 Å². The molecule has 0 N–H and O–H groups in total. The minimum absolute atomic E-state index is 0.0364. The number of rotatable bonds is 5. The van der Waals surface area contributed by atoms with E-state index in [1.54, 1.807) is 6.92 Å². The number of hydrogen-bond donors (Lipinski definition) is 0. The summed E-state index contributed by atoms with van der Waals surface area (Å²) in [7, 11) is 0. The van der Waals surface area contributed by atoms with Crippen LogP contribution in [-0.4, -0.2) is 12.4 Å². The highest BCUT2D eigenvalue weighted by atomic mass is 35.9. The average molecular weight is 421 g/mol. The summed E-state index contributed by atoms with van der Waals surface area (Å²) in [6.45, 7) is 15.0. The summed E-state index contributed by atoms with van der Waals surface area (Å²) in [6.07, 6.45) is 1.09. The van der Waals surface area contributed by atoms with Gasteiger partial charge in [-0.05, 0) is 40.9 Å². The Morgan fingerprint density at radius 3 is 2.27 bits per heavy atom. The van der Waals surface area contributed by atoms with E-state index in [9.17, 15) is 9.36 Å². The summed E-state index contributed by atoms with van der Waals surface area (Å²) in [5, 5.41) is 0. The van der Waals surface area contributed by atoms with Gasteiger partial charge < -0.3 is 4.52 Å². The first kappa shape index (κ1) is 21.9. The molecule has 7 heteroatoms. The van der Waals surface area contributed by atoms with Gasteiger partial charge in [-0.3, -0.25) is 9.36 Å². The summed E-state index contributed by atoms with van der Waals surface area (Å²) >= 11 is 11.3. The lowest BCUT2D eigenvalue weighted by Gasteiger charge is -2.46. The average Bonchev–Trinajstić information content (AvgIpc) is 2.61. The molecule has 0 bridgehead atoms. The Morgan fingerprint density at radius 1 is 1.19 bits per heavy atom. The molecule has 26 heavy (non-hydrogen) atoms. The molecule has 0 saturated heterocycles. The van der Waals surface area contributed by atoms with Crippen molar-refractivity contribution >= 4 is 34.3 Å². The zero-order chi connectivity index (χ0) is 20.2. The molecule has 2 atom stereocenters. The summed E-state index contributed by atoms with van der Waals surface area (Å²) in [5.74, 6) is 0.0364. The molecule has 0 radical (unpaired) electrons. The van der Waals surface area contributed by atoms with Crippen molar-refractivity contribution in [3.05, 3.63) is 30.1 Å². The third kappa shape index (κ3) is 3.39. The highest BCUT2D eigenvalue weighted by Gasteiger charge is 2.71. The van der Waals surface area contributed by atoms with Crippen LogP contribution >= 0.6 is 28.6 Å². The monoisotopic (exact) mass is 420 g/mol. The second-order valence-corrected chi connectivity index (χ2v) is 13.3. The van der Waals surface area contributed by atoms with Crippen LogP contribution in [0, 0.1) is 16.2 Å². The lowest BCUT2D eigenvalue weighted by Crippen LogP contribution is -2.61. The van der Waals surface area contributed by atoms with Crippen LogP contribution in [-0.2, 0) is 14.6 Å². The highest BCUT2D eigenvalue weighted by molar-refractivity contribution is 8.05. The van der Waals surface area contributed by atoms with Crippen molar-refractivity contribution in [3.8, 4) is 0 Å². The molecule has 0 amide bonds. The van der Waals surface area contributed by atoms with E-state index in [1.165, 1.54) is 0 Å². The minimum atomic E-state index is -3.60. The maximum atomic E-state index is 11.9. The van der Waals surface area contributed by atoms with Crippen LogP contribution in [0.5, 0.6) is 0 Å². The molecule has 0 aromatic carbocycles. The van der Waals surface area contributed by atoms with Crippen LogP contribution in [0.15, 0.2) is 24.5 Å². The topological polar surface area (TPSA) is 47.2 Å². The molecule has 0 aliphatic heterocycles. The second-order valence-electron chi connectivity index (χ2n) is 9.01. The Bertz CT molecular complexity index is 774. The van der Waals surface area contributed by atoms with Crippen LogP contribution in [0.25, 0.3) is 0 Å². The Hall–Kier alpha value is -0.410. The number of carbonyl (C=O) groups is 1. The van der Waals surface area contributed by atoms with E-state index in [1.807, 2.05) is 24.5 Å². The van der Waals surface area contributed by atoms with Crippen molar-refractivity contribution in [2.24, 2.45) is 16.2 Å². The molecule has 1 aliphatic carbocycles. The summed E-state index contributed by atoms with van der Waals surface area (Å²) in [6, 6.07) is 3.73. The van der Waals surface area contributed by atoms with E-state index >= 15 is 0 Å². The van der Waals surface area contributed by atoms with Crippen molar-refractivity contribution in [2.45, 2.75) is 60.4 Å². The van der Waals surface area contributed by atoms with Crippen molar-refractivity contribution in [1.82, 2.24) is 0 Å². The van der Waals surface area contributed by atoms with Gasteiger partial charge in [0.15, 0.2) is 23.7 Å². The fourth-order valence-corrected chi connectivity index (χ4v) is 5.21. The van der Waals surface area contributed by atoms with Gasteiger partial charge in [0.05, 0.1) is 12.2 Å². The van der Waals surface area contributed by atoms with Crippen LogP contribution in [0.2, 0.25) is 0 Å². The van der Waals surface area contributed by atoms with Gasteiger partial charge in [0, 0.05) is 30.2 Å². The number of halogens is 2. The number of ketones is 1. The number of Topliss-reactive ketones (excluding diaryl/α,β-unsaturated/α-hetero) is 1. The number of aromatic nitrogens is 1. The first-order valence-electron chi connectivity index (χ1n) is 8.74. The maximum Gasteiger partial charge on any atom is 0.380 e. The van der Waals surface area contributed by atoms with Crippen molar-refractivity contribution in [1.29, 1.82) is 0 Å². The minimum Gasteiger partial charge on any atom is -0.306 e. The van der Waals surface area contributed by atoms with E-state index in [0.717, 1.165) is 6.42 Å². The molecule has 4 nitrogen and oxygen atoms in total. The summed E-state index contributed by atoms with van der Waals surface area (Å²) < 4.78 is 19.2. The maximum absolute atomic E-state index is 11.9. The SMILES string of the molecule is CC(=O)c1ccc[n+](C2(C)C[C@](C)(COP(=O)(Cl)Cl)C(C)(C)C2(C)C)c1. The van der Waals surface area contributed by atoms with Crippen molar-refractivity contribution < 1.29 is 18.5 Å². The van der Waals surface area contributed by atoms with Crippen LogP contribution in [0.1, 0.15) is 65.2 Å². The first-order chi connectivity index (χ1) is 11.6. The van der Waals surface area contributed by atoms with Crippen molar-refractivity contribution in [3.63, 3.8) is 0 Å². The molecule has 1 aliphatic rings. The van der Waals surface area contributed by atoms with Gasteiger partial charge in [-0.1, -0.05) is 34.6 Å². The highest BCUT2D eigenvalue weighted by Crippen LogP contribution is 2.69. The summed E-state index contributed by atoms with van der Waals surface area (Å²) in [4.78, 5) is 11.9. The molecule has 1 unspecified atom stereocenters. The zero-order valence-electron chi connectivity index (χ0n) is 16.6. The molecular formula is C19H29Cl2NO3P+. The molecule has 146 valence electrons. The third-order valence-electron chi connectivity index (χ3n) is 7.46. The number of hydrogen-bond acceptors (Lipinski definition) is 3. The fraction of sp³-hybridized carbons (Fsp3) is 0.684. The largest absolute Gasteiger partial charge is 0.380 e. The van der Waals surface area contributed by atoms with Gasteiger partial charge in [-0.25, -0.2) is 0 Å². The predicted octanol–water partition coefficient (Wildman–Crippen LogP) is 5.96. The Kier molecular flexibility index (Phi) is 5.54. The van der Waals surface area contributed by atoms with Crippen LogP contribution in [0.4, 0.5) is 0 Å². The Morgan fingerprint density at radius 2 is 1.77 bits per heavy atom. The van der Waals surface area contributed by atoms with Crippen LogP contribution in [0.3, 0.4) is 0 Å². The smallest absolute Gasteiger partial charge is 0.306 e. The molecule has 1 heterocycles. The molecule has 1 aromatic rings. The quantitative estimate of drug-likeness (QED) is 0.335. The molecule has 2 rings (SSSR count). The summed E-state index contributed by atoms with van der Waals surface area (Å²) in [5.41, 5.74) is -0.275. The van der Waals surface area contributed by atoms with E-state index < -0.39 is 6.07 Å². The normalized spacial score (nSPS) is 30.3. The van der Waals surface area contributed by atoms with Crippen LogP contribution < -0.4 is 4.57 Å². The fourth-order valence-electron chi connectivity index (χ4n) is 4.48. The van der Waals surface area contributed by atoms with Gasteiger partial charge in [0.2, 0.25) is 0 Å². The number of pyridine rings is 1. The van der Waals surface area contributed by atoms with E-state index in [2.05, 4.69) is 46.1 Å². The lowest BCUT2D eigenvalue weighted by molar-refractivity contribution is -0.775. The van der Waals surface area contributed by atoms with Gasteiger partial charge in [-0.15, -0.1) is 0 Å². The number of nitrogens with zero attached hydrogens (tertiary/aromatic N) is 1. The Balaban J connectivity index is 2.55. The van der Waals surface area contributed by atoms with Crippen molar-refractivity contribution in [2.75, 3.05) is 6.61 Å². The molecule has 1 fully saturated rings. The molecule has 1 aromatic heterocycles. The third-order valence-corrected chi connectivity index (χ3v) is 8.48. The van der Waals surface area contributed by atoms with Gasteiger partial charge in [0.25, 0.3) is 0 Å². The predicted molar refractivity (Wildman–Crippen MR) is 106 cm³/mol. The first-order valence-corrected chi connectivity index (χ1v) is 12.2. The molecule has 1 saturated carbocycles.